The van der Waals surface area contributed by atoms with Crippen molar-refractivity contribution in [3.05, 3.63) is 52.5 Å². The molecule has 2 aromatic rings. The number of nitrogens with zero attached hydrogens (tertiary/aromatic N) is 1. The summed E-state index contributed by atoms with van der Waals surface area (Å²) in [6, 6.07) is 12.8. The molecule has 1 aliphatic rings. The molecule has 0 radical (unpaired) electrons. The van der Waals surface area contributed by atoms with Gasteiger partial charge in [-0.05, 0) is 62.7 Å². The first-order valence-electron chi connectivity index (χ1n) is 8.79. The molecule has 0 bridgehead atoms. The molecule has 1 saturated heterocycles. The normalized spacial score (nSPS) is 15.1. The molecule has 0 aliphatic carbocycles. The molecular weight excluding hydrogens is 357 g/mol. The quantitative estimate of drug-likeness (QED) is 0.547. The molecule has 0 amide bonds. The number of rotatable bonds is 7. The van der Waals surface area contributed by atoms with Crippen molar-refractivity contribution in [2.75, 3.05) is 26.2 Å². The lowest BCUT2D eigenvalue weighted by molar-refractivity contribution is 0.203. The molecule has 0 saturated carbocycles. The Balaban J connectivity index is 1.55. The van der Waals surface area contributed by atoms with E-state index in [2.05, 4.69) is 4.90 Å². The zero-order valence-corrected chi connectivity index (χ0v) is 15.7. The molecule has 1 aliphatic heterocycles. The Morgan fingerprint density at radius 1 is 0.880 bits per heavy atom. The number of hydrogen-bond donors (Lipinski definition) is 0. The molecule has 0 unspecified atom stereocenters. The molecule has 25 heavy (non-hydrogen) atoms. The maximum atomic E-state index is 6.19. The van der Waals surface area contributed by atoms with E-state index in [0.29, 0.717) is 28.2 Å². The molecule has 3 nitrogen and oxygen atoms in total. The summed E-state index contributed by atoms with van der Waals surface area (Å²) in [6.07, 6.45) is 5.01. The van der Waals surface area contributed by atoms with Crippen LogP contribution in [0.25, 0.3) is 0 Å². The Labute approximate surface area is 159 Å². The summed E-state index contributed by atoms with van der Waals surface area (Å²) in [5.41, 5.74) is 0. The summed E-state index contributed by atoms with van der Waals surface area (Å²) >= 11 is 12.1. The van der Waals surface area contributed by atoms with E-state index in [1.54, 1.807) is 18.2 Å². The number of ether oxygens (including phenoxy) is 2. The average molecular weight is 380 g/mol. The second-order valence-corrected chi connectivity index (χ2v) is 7.07. The topological polar surface area (TPSA) is 21.7 Å². The summed E-state index contributed by atoms with van der Waals surface area (Å²) < 4.78 is 11.9. The van der Waals surface area contributed by atoms with Gasteiger partial charge in [0.2, 0.25) is 0 Å². The molecule has 0 atom stereocenters. The van der Waals surface area contributed by atoms with Crippen LogP contribution in [0.5, 0.6) is 17.2 Å². The molecule has 1 fully saturated rings. The van der Waals surface area contributed by atoms with Crippen LogP contribution in [-0.2, 0) is 0 Å². The van der Waals surface area contributed by atoms with Crippen LogP contribution in [0.15, 0.2) is 42.5 Å². The lowest BCUT2D eigenvalue weighted by Gasteiger charge is -2.26. The second-order valence-electron chi connectivity index (χ2n) is 6.23. The fourth-order valence-electron chi connectivity index (χ4n) is 2.98. The molecule has 134 valence electrons. The van der Waals surface area contributed by atoms with Crippen LogP contribution >= 0.6 is 23.2 Å². The van der Waals surface area contributed by atoms with Crippen molar-refractivity contribution in [1.82, 2.24) is 4.90 Å². The van der Waals surface area contributed by atoms with Crippen LogP contribution < -0.4 is 9.47 Å². The SMILES string of the molecule is Clc1ccc(Oc2ccccc2OCCCN2CCCCC2)c(Cl)c1. The first-order valence-corrected chi connectivity index (χ1v) is 9.55. The largest absolute Gasteiger partial charge is 0.490 e. The lowest BCUT2D eigenvalue weighted by atomic mass is 10.1. The van der Waals surface area contributed by atoms with Crippen LogP contribution in [0.2, 0.25) is 10.0 Å². The fourth-order valence-corrected chi connectivity index (χ4v) is 3.43. The van der Waals surface area contributed by atoms with Gasteiger partial charge in [-0.1, -0.05) is 41.8 Å². The smallest absolute Gasteiger partial charge is 0.169 e. The van der Waals surface area contributed by atoms with Gasteiger partial charge < -0.3 is 14.4 Å². The first-order chi connectivity index (χ1) is 12.2. The molecule has 0 N–H and O–H groups in total. The Morgan fingerprint density at radius 2 is 1.64 bits per heavy atom. The van der Waals surface area contributed by atoms with Crippen LogP contribution in [0.1, 0.15) is 25.7 Å². The van der Waals surface area contributed by atoms with Gasteiger partial charge in [0, 0.05) is 11.6 Å². The number of hydrogen-bond acceptors (Lipinski definition) is 3. The van der Waals surface area contributed by atoms with Gasteiger partial charge in [-0.15, -0.1) is 0 Å². The van der Waals surface area contributed by atoms with Gasteiger partial charge in [-0.3, -0.25) is 0 Å². The fraction of sp³-hybridized carbons (Fsp3) is 0.400. The highest BCUT2D eigenvalue weighted by molar-refractivity contribution is 6.35. The van der Waals surface area contributed by atoms with Crippen molar-refractivity contribution in [3.63, 3.8) is 0 Å². The minimum Gasteiger partial charge on any atom is -0.490 e. The van der Waals surface area contributed by atoms with Gasteiger partial charge in [0.25, 0.3) is 0 Å². The van der Waals surface area contributed by atoms with Crippen LogP contribution in [0.3, 0.4) is 0 Å². The van der Waals surface area contributed by atoms with Gasteiger partial charge >= 0.3 is 0 Å². The third kappa shape index (κ3) is 5.53. The van der Waals surface area contributed by atoms with E-state index < -0.39 is 0 Å². The summed E-state index contributed by atoms with van der Waals surface area (Å²) in [7, 11) is 0. The third-order valence-corrected chi connectivity index (χ3v) is 4.82. The number of benzene rings is 2. The van der Waals surface area contributed by atoms with E-state index in [1.807, 2.05) is 24.3 Å². The van der Waals surface area contributed by atoms with Crippen molar-refractivity contribution in [2.45, 2.75) is 25.7 Å². The zero-order chi connectivity index (χ0) is 17.5. The minimum atomic E-state index is 0.479. The number of likely N-dealkylation sites (tertiary alicyclic amines) is 1. The standard InChI is InChI=1S/C20H23Cl2NO2/c21-16-9-10-18(17(22)15-16)25-20-8-3-2-7-19(20)24-14-6-13-23-11-4-1-5-12-23/h2-3,7-10,15H,1,4-6,11-14H2. The first kappa shape index (κ1) is 18.4. The monoisotopic (exact) mass is 379 g/mol. The van der Waals surface area contributed by atoms with Crippen LogP contribution in [0.4, 0.5) is 0 Å². The molecular formula is C20H23Cl2NO2. The molecule has 2 aromatic carbocycles. The molecule has 3 rings (SSSR count). The predicted molar refractivity (Wildman–Crippen MR) is 103 cm³/mol. The van der Waals surface area contributed by atoms with Crippen molar-refractivity contribution in [1.29, 1.82) is 0 Å². The van der Waals surface area contributed by atoms with Gasteiger partial charge in [0.05, 0.1) is 11.6 Å². The van der Waals surface area contributed by atoms with Crippen LogP contribution in [-0.4, -0.2) is 31.1 Å². The van der Waals surface area contributed by atoms with Gasteiger partial charge in [-0.25, -0.2) is 0 Å². The number of piperidine rings is 1. The minimum absolute atomic E-state index is 0.479. The van der Waals surface area contributed by atoms with Crippen molar-refractivity contribution < 1.29 is 9.47 Å². The molecule has 5 heteroatoms. The second kappa shape index (κ2) is 9.33. The van der Waals surface area contributed by atoms with E-state index in [-0.39, 0.29) is 0 Å². The van der Waals surface area contributed by atoms with E-state index in [0.717, 1.165) is 18.7 Å². The van der Waals surface area contributed by atoms with Crippen LogP contribution in [0, 0.1) is 0 Å². The Hall–Kier alpha value is -1.42. The predicted octanol–water partition coefficient (Wildman–Crippen LogP) is 6.04. The van der Waals surface area contributed by atoms with E-state index in [9.17, 15) is 0 Å². The average Bonchev–Trinajstić information content (AvgIpc) is 2.63. The van der Waals surface area contributed by atoms with Gasteiger partial charge in [0.1, 0.15) is 5.75 Å². The number of para-hydroxylation sites is 2. The van der Waals surface area contributed by atoms with E-state index >= 15 is 0 Å². The van der Waals surface area contributed by atoms with Crippen molar-refractivity contribution >= 4 is 23.2 Å². The Morgan fingerprint density at radius 3 is 2.40 bits per heavy atom. The summed E-state index contributed by atoms with van der Waals surface area (Å²) in [6.45, 7) is 4.20. The zero-order valence-electron chi connectivity index (χ0n) is 14.2. The Kier molecular flexibility index (Phi) is 6.85. The molecule has 0 aromatic heterocycles. The highest BCUT2D eigenvalue weighted by atomic mass is 35.5. The number of halogens is 2. The molecule has 0 spiro atoms. The van der Waals surface area contributed by atoms with Gasteiger partial charge in [0.15, 0.2) is 11.5 Å². The van der Waals surface area contributed by atoms with E-state index in [1.165, 1.54) is 32.4 Å². The van der Waals surface area contributed by atoms with Crippen molar-refractivity contribution in [2.24, 2.45) is 0 Å². The summed E-state index contributed by atoms with van der Waals surface area (Å²) in [5, 5.41) is 1.06. The highest BCUT2D eigenvalue weighted by Crippen LogP contribution is 2.36. The van der Waals surface area contributed by atoms with E-state index in [4.69, 9.17) is 32.7 Å². The van der Waals surface area contributed by atoms with Crippen molar-refractivity contribution in [3.8, 4) is 17.2 Å². The summed E-state index contributed by atoms with van der Waals surface area (Å²) in [4.78, 5) is 2.52. The Bertz CT molecular complexity index is 687. The maximum absolute atomic E-state index is 6.19. The summed E-state index contributed by atoms with van der Waals surface area (Å²) in [5.74, 6) is 1.95. The highest BCUT2D eigenvalue weighted by Gasteiger charge is 2.11. The van der Waals surface area contributed by atoms with Gasteiger partial charge in [-0.2, -0.15) is 0 Å². The molecule has 1 heterocycles. The maximum Gasteiger partial charge on any atom is 0.169 e. The lowest BCUT2D eigenvalue weighted by Crippen LogP contribution is -2.31. The third-order valence-electron chi connectivity index (χ3n) is 4.29.